The molecule has 0 aromatic heterocycles. The molecule has 0 radical (unpaired) electrons. The molecule has 1 fully saturated rings. The first-order valence-corrected chi connectivity index (χ1v) is 13.2. The number of carbonyl (C=O) groups excluding carboxylic acids is 1. The van der Waals surface area contributed by atoms with Crippen LogP contribution in [0.4, 0.5) is 11.4 Å². The van der Waals surface area contributed by atoms with Crippen molar-refractivity contribution in [2.24, 2.45) is 0 Å². The van der Waals surface area contributed by atoms with E-state index in [1.54, 1.807) is 0 Å². The van der Waals surface area contributed by atoms with Gasteiger partial charge in [0.25, 0.3) is 5.91 Å². The van der Waals surface area contributed by atoms with Crippen LogP contribution in [0.25, 0.3) is 11.1 Å². The fourth-order valence-corrected chi connectivity index (χ4v) is 5.32. The first-order valence-electron chi connectivity index (χ1n) is 13.2. The second-order valence-corrected chi connectivity index (χ2v) is 9.88. The van der Waals surface area contributed by atoms with Crippen molar-refractivity contribution in [1.82, 2.24) is 4.90 Å². The SMILES string of the molecule is CC(c1ccccc1)N(C)C1CCN(c2ccc(NC(=O)c3ccccc3-c3ccccc3)cc2)CC1. The Morgan fingerprint density at radius 3 is 2.08 bits per heavy atom. The molecule has 4 heteroatoms. The molecule has 1 saturated heterocycles. The molecule has 37 heavy (non-hydrogen) atoms. The van der Waals surface area contributed by atoms with Gasteiger partial charge in [-0.2, -0.15) is 0 Å². The lowest BCUT2D eigenvalue weighted by molar-refractivity contribution is 0.102. The molecule has 1 atom stereocenters. The van der Waals surface area contributed by atoms with Crippen LogP contribution < -0.4 is 10.2 Å². The molecule has 0 bridgehead atoms. The van der Waals surface area contributed by atoms with Crippen molar-refractivity contribution < 1.29 is 4.79 Å². The molecule has 1 N–H and O–H groups in total. The van der Waals surface area contributed by atoms with Crippen LogP contribution >= 0.6 is 0 Å². The van der Waals surface area contributed by atoms with Gasteiger partial charge in [-0.05, 0) is 73.8 Å². The Kier molecular flexibility index (Phi) is 7.67. The number of anilines is 2. The summed E-state index contributed by atoms with van der Waals surface area (Å²) in [6, 6.07) is 37.8. The van der Waals surface area contributed by atoms with Gasteiger partial charge in [0.1, 0.15) is 0 Å². The summed E-state index contributed by atoms with van der Waals surface area (Å²) in [6.07, 6.45) is 2.28. The van der Waals surface area contributed by atoms with Gasteiger partial charge in [-0.3, -0.25) is 9.69 Å². The second kappa shape index (κ2) is 11.4. The van der Waals surface area contributed by atoms with Crippen molar-refractivity contribution in [2.45, 2.75) is 31.8 Å². The van der Waals surface area contributed by atoms with Crippen LogP contribution in [0.5, 0.6) is 0 Å². The van der Waals surface area contributed by atoms with Crippen molar-refractivity contribution in [3.63, 3.8) is 0 Å². The molecule has 5 rings (SSSR count). The quantitative estimate of drug-likeness (QED) is 0.297. The van der Waals surface area contributed by atoms with Crippen LogP contribution in [0.1, 0.15) is 41.7 Å². The summed E-state index contributed by atoms with van der Waals surface area (Å²) >= 11 is 0. The molecule has 4 aromatic carbocycles. The number of nitrogens with zero attached hydrogens (tertiary/aromatic N) is 2. The number of carbonyl (C=O) groups is 1. The van der Waals surface area contributed by atoms with Gasteiger partial charge in [-0.1, -0.05) is 78.9 Å². The molecule has 4 nitrogen and oxygen atoms in total. The second-order valence-electron chi connectivity index (χ2n) is 9.88. The van der Waals surface area contributed by atoms with Crippen LogP contribution in [-0.4, -0.2) is 37.0 Å². The number of hydrogen-bond acceptors (Lipinski definition) is 3. The maximum Gasteiger partial charge on any atom is 0.256 e. The predicted octanol–water partition coefficient (Wildman–Crippen LogP) is 7.27. The van der Waals surface area contributed by atoms with Gasteiger partial charge in [-0.25, -0.2) is 0 Å². The lowest BCUT2D eigenvalue weighted by Gasteiger charge is -2.40. The zero-order valence-corrected chi connectivity index (χ0v) is 21.7. The van der Waals surface area contributed by atoms with Crippen molar-refractivity contribution in [2.75, 3.05) is 30.4 Å². The zero-order chi connectivity index (χ0) is 25.6. The standard InChI is InChI=1S/C33H35N3O/c1-25(26-11-5-3-6-12-26)35(2)29-21-23-36(24-22-29)30-19-17-28(18-20-30)34-33(37)32-16-10-9-15-31(32)27-13-7-4-8-14-27/h3-20,25,29H,21-24H2,1-2H3,(H,34,37). The molecular formula is C33H35N3O. The summed E-state index contributed by atoms with van der Waals surface area (Å²) in [5.41, 5.74) is 6.04. The fraction of sp³-hybridized carbons (Fsp3) is 0.242. The molecular weight excluding hydrogens is 454 g/mol. The van der Waals surface area contributed by atoms with E-state index in [2.05, 4.69) is 71.6 Å². The minimum absolute atomic E-state index is 0.0939. The van der Waals surface area contributed by atoms with Crippen molar-refractivity contribution >= 4 is 17.3 Å². The van der Waals surface area contributed by atoms with Crippen molar-refractivity contribution in [3.05, 3.63) is 120 Å². The van der Waals surface area contributed by atoms with Crippen LogP contribution in [-0.2, 0) is 0 Å². The summed E-state index contributed by atoms with van der Waals surface area (Å²) in [4.78, 5) is 18.1. The van der Waals surface area contributed by atoms with Gasteiger partial charge in [0.05, 0.1) is 0 Å². The Morgan fingerprint density at radius 1 is 0.811 bits per heavy atom. The van der Waals surface area contributed by atoms with E-state index < -0.39 is 0 Å². The van der Waals surface area contributed by atoms with Gasteiger partial charge in [-0.15, -0.1) is 0 Å². The zero-order valence-electron chi connectivity index (χ0n) is 21.7. The summed E-state index contributed by atoms with van der Waals surface area (Å²) in [7, 11) is 2.26. The van der Waals surface area contributed by atoms with Crippen molar-refractivity contribution in [1.29, 1.82) is 0 Å². The summed E-state index contributed by atoms with van der Waals surface area (Å²) in [5, 5.41) is 3.08. The van der Waals surface area contributed by atoms with E-state index in [0.29, 0.717) is 17.6 Å². The van der Waals surface area contributed by atoms with E-state index in [0.717, 1.165) is 42.7 Å². The monoisotopic (exact) mass is 489 g/mol. The molecule has 1 heterocycles. The molecule has 4 aromatic rings. The maximum atomic E-state index is 13.1. The molecule has 1 aliphatic heterocycles. The Balaban J connectivity index is 1.19. The molecule has 1 unspecified atom stereocenters. The first-order chi connectivity index (χ1) is 18.1. The average Bonchev–Trinajstić information content (AvgIpc) is 2.98. The van der Waals surface area contributed by atoms with Gasteiger partial charge >= 0.3 is 0 Å². The molecule has 0 aliphatic carbocycles. The topological polar surface area (TPSA) is 35.6 Å². The third kappa shape index (κ3) is 5.76. The van der Waals surface area contributed by atoms with Crippen molar-refractivity contribution in [3.8, 4) is 11.1 Å². The molecule has 1 aliphatic rings. The minimum Gasteiger partial charge on any atom is -0.371 e. The number of rotatable bonds is 7. The van der Waals surface area contributed by atoms with Crippen LogP contribution in [0, 0.1) is 0 Å². The molecule has 0 saturated carbocycles. The maximum absolute atomic E-state index is 13.1. The highest BCUT2D eigenvalue weighted by Crippen LogP contribution is 2.29. The Labute approximate surface area is 220 Å². The number of piperidine rings is 1. The number of hydrogen-bond donors (Lipinski definition) is 1. The highest BCUT2D eigenvalue weighted by molar-refractivity contribution is 6.08. The van der Waals surface area contributed by atoms with E-state index in [1.165, 1.54) is 11.3 Å². The highest BCUT2D eigenvalue weighted by atomic mass is 16.1. The van der Waals surface area contributed by atoms with E-state index in [-0.39, 0.29) is 5.91 Å². The third-order valence-corrected chi connectivity index (χ3v) is 7.68. The predicted molar refractivity (Wildman–Crippen MR) is 154 cm³/mol. The van der Waals surface area contributed by atoms with Gasteiger partial charge in [0, 0.05) is 42.1 Å². The summed E-state index contributed by atoms with van der Waals surface area (Å²) < 4.78 is 0. The van der Waals surface area contributed by atoms with E-state index in [9.17, 15) is 4.79 Å². The first kappa shape index (κ1) is 24.8. The molecule has 0 spiro atoms. The smallest absolute Gasteiger partial charge is 0.256 e. The van der Waals surface area contributed by atoms with E-state index >= 15 is 0 Å². The fourth-order valence-electron chi connectivity index (χ4n) is 5.32. The van der Waals surface area contributed by atoms with Crippen LogP contribution in [0.15, 0.2) is 109 Å². The normalized spacial score (nSPS) is 14.9. The van der Waals surface area contributed by atoms with Gasteiger partial charge in [0.15, 0.2) is 0 Å². The lowest BCUT2D eigenvalue weighted by Crippen LogP contribution is -2.44. The summed E-state index contributed by atoms with van der Waals surface area (Å²) in [6.45, 7) is 4.37. The Hall–Kier alpha value is -3.89. The lowest BCUT2D eigenvalue weighted by atomic mass is 9.99. The highest BCUT2D eigenvalue weighted by Gasteiger charge is 2.26. The van der Waals surface area contributed by atoms with Crippen LogP contribution in [0.2, 0.25) is 0 Å². The summed E-state index contributed by atoms with van der Waals surface area (Å²) in [5.74, 6) is -0.0939. The number of amides is 1. The molecule has 1 amide bonds. The van der Waals surface area contributed by atoms with Crippen LogP contribution in [0.3, 0.4) is 0 Å². The average molecular weight is 490 g/mol. The van der Waals surface area contributed by atoms with E-state index in [4.69, 9.17) is 0 Å². The molecule has 188 valence electrons. The minimum atomic E-state index is -0.0939. The number of benzene rings is 4. The Morgan fingerprint density at radius 2 is 1.41 bits per heavy atom. The largest absolute Gasteiger partial charge is 0.371 e. The third-order valence-electron chi connectivity index (χ3n) is 7.68. The van der Waals surface area contributed by atoms with E-state index in [1.807, 2.05) is 66.7 Å². The number of nitrogens with one attached hydrogen (secondary N) is 1. The van der Waals surface area contributed by atoms with Gasteiger partial charge < -0.3 is 10.2 Å². The van der Waals surface area contributed by atoms with Gasteiger partial charge in [0.2, 0.25) is 0 Å². The Bertz CT molecular complexity index is 1300.